The molecule has 3 rings (SSSR count). The van der Waals surface area contributed by atoms with E-state index in [0.717, 1.165) is 21.2 Å². The van der Waals surface area contributed by atoms with E-state index in [2.05, 4.69) is 42.1 Å². The molecule has 0 aliphatic heterocycles. The minimum absolute atomic E-state index is 0.0172. The van der Waals surface area contributed by atoms with Crippen molar-refractivity contribution < 1.29 is 4.79 Å². The number of para-hydroxylation sites is 1. The van der Waals surface area contributed by atoms with Gasteiger partial charge in [0.05, 0.1) is 32.3 Å². The molecule has 0 bridgehead atoms. The predicted molar refractivity (Wildman–Crippen MR) is 101 cm³/mol. The molecule has 2 heterocycles. The predicted octanol–water partition coefficient (Wildman–Crippen LogP) is 4.34. The van der Waals surface area contributed by atoms with Crippen LogP contribution in [0, 0.1) is 0 Å². The molecule has 1 atom stereocenters. The Morgan fingerprint density at radius 2 is 1.96 bits per heavy atom. The molecule has 1 amide bonds. The van der Waals surface area contributed by atoms with Crippen LogP contribution in [0.15, 0.2) is 29.6 Å². The number of fused-ring (bicyclic) bond motifs is 1. The van der Waals surface area contributed by atoms with E-state index < -0.39 is 0 Å². The van der Waals surface area contributed by atoms with E-state index in [9.17, 15) is 4.79 Å². The molecule has 1 N–H and O–H groups in total. The summed E-state index contributed by atoms with van der Waals surface area (Å²) >= 11 is 3.32. The number of hydrogen-bond acceptors (Lipinski definition) is 5. The van der Waals surface area contributed by atoms with Crippen molar-refractivity contribution in [2.45, 2.75) is 39.0 Å². The minimum Gasteiger partial charge on any atom is -0.355 e. The summed E-state index contributed by atoms with van der Waals surface area (Å²) in [6.45, 7) is 6.92. The molecule has 1 unspecified atom stereocenters. The molecule has 3 aromatic rings. The van der Waals surface area contributed by atoms with Gasteiger partial charge in [0, 0.05) is 23.8 Å². The molecule has 0 aliphatic carbocycles. The van der Waals surface area contributed by atoms with Crippen molar-refractivity contribution in [3.8, 4) is 0 Å². The van der Waals surface area contributed by atoms with Gasteiger partial charge in [-0.3, -0.25) is 4.79 Å². The highest BCUT2D eigenvalue weighted by Gasteiger charge is 2.14. The fourth-order valence-corrected chi connectivity index (χ4v) is 4.20. The van der Waals surface area contributed by atoms with Gasteiger partial charge in [0.1, 0.15) is 0 Å². The van der Waals surface area contributed by atoms with Crippen molar-refractivity contribution in [3.63, 3.8) is 0 Å². The van der Waals surface area contributed by atoms with Gasteiger partial charge >= 0.3 is 0 Å². The van der Waals surface area contributed by atoms with Crippen molar-refractivity contribution in [3.05, 3.63) is 45.4 Å². The zero-order chi connectivity index (χ0) is 17.1. The second-order valence-electron chi connectivity index (χ2n) is 6.23. The summed E-state index contributed by atoms with van der Waals surface area (Å²) in [5.74, 6) is 0.627. The van der Waals surface area contributed by atoms with Crippen LogP contribution in [0.2, 0.25) is 0 Å². The normalized spacial score (nSPS) is 12.7. The Hall–Kier alpha value is -1.79. The average Bonchev–Trinajstić information content (AvgIpc) is 3.19. The van der Waals surface area contributed by atoms with Gasteiger partial charge < -0.3 is 5.32 Å². The highest BCUT2D eigenvalue weighted by molar-refractivity contribution is 7.18. The smallest absolute Gasteiger partial charge is 0.226 e. The summed E-state index contributed by atoms with van der Waals surface area (Å²) in [7, 11) is 0. The van der Waals surface area contributed by atoms with Crippen LogP contribution >= 0.6 is 22.7 Å². The highest BCUT2D eigenvalue weighted by Crippen LogP contribution is 2.26. The Kier molecular flexibility index (Phi) is 5.26. The summed E-state index contributed by atoms with van der Waals surface area (Å²) in [4.78, 5) is 21.3. The number of benzene rings is 1. The zero-order valence-electron chi connectivity index (χ0n) is 14.1. The van der Waals surface area contributed by atoms with Gasteiger partial charge in [0.15, 0.2) is 0 Å². The lowest BCUT2D eigenvalue weighted by Gasteiger charge is -2.09. The van der Waals surface area contributed by atoms with E-state index in [1.54, 1.807) is 22.7 Å². The molecule has 0 fully saturated rings. The molecule has 24 heavy (non-hydrogen) atoms. The van der Waals surface area contributed by atoms with Crippen molar-refractivity contribution in [2.75, 3.05) is 6.54 Å². The summed E-state index contributed by atoms with van der Waals surface area (Å²) in [6, 6.07) is 8.12. The number of hydrogen-bond donors (Lipinski definition) is 1. The van der Waals surface area contributed by atoms with E-state index in [1.165, 1.54) is 4.70 Å². The molecule has 1 aromatic carbocycles. The van der Waals surface area contributed by atoms with Gasteiger partial charge in [-0.1, -0.05) is 32.9 Å². The lowest BCUT2D eigenvalue weighted by Crippen LogP contribution is -2.29. The number of aromatic nitrogens is 2. The van der Waals surface area contributed by atoms with E-state index in [1.807, 2.05) is 23.6 Å². The second-order valence-corrected chi connectivity index (χ2v) is 8.19. The minimum atomic E-state index is 0.0172. The number of nitrogens with one attached hydrogen (secondary N) is 1. The number of carbonyl (C=O) groups is 1. The van der Waals surface area contributed by atoms with Gasteiger partial charge in [-0.25, -0.2) is 9.97 Å². The summed E-state index contributed by atoms with van der Waals surface area (Å²) < 4.78 is 1.19. The van der Waals surface area contributed by atoms with Gasteiger partial charge in [-0.15, -0.1) is 22.7 Å². The highest BCUT2D eigenvalue weighted by atomic mass is 32.1. The third-order valence-corrected chi connectivity index (χ3v) is 6.20. The van der Waals surface area contributed by atoms with Crippen LogP contribution in [0.3, 0.4) is 0 Å². The largest absolute Gasteiger partial charge is 0.355 e. The van der Waals surface area contributed by atoms with Crippen molar-refractivity contribution in [1.82, 2.24) is 15.3 Å². The van der Waals surface area contributed by atoms with E-state index in [4.69, 9.17) is 0 Å². The third kappa shape index (κ3) is 3.99. The Morgan fingerprint density at radius 1 is 1.17 bits per heavy atom. The van der Waals surface area contributed by atoms with Crippen molar-refractivity contribution in [2.24, 2.45) is 0 Å². The Bertz CT molecular complexity index is 805. The molecule has 4 nitrogen and oxygen atoms in total. The van der Waals surface area contributed by atoms with Crippen LogP contribution in [-0.2, 0) is 11.2 Å². The third-order valence-electron chi connectivity index (χ3n) is 3.74. The summed E-state index contributed by atoms with van der Waals surface area (Å²) in [5, 5.41) is 7.13. The first-order valence-corrected chi connectivity index (χ1v) is 9.79. The standard InChI is InChI=1S/C18H21N3OS2/c1-11(2)17-20-13(10-23-17)8-16(22)19-9-12(3)18-21-14-6-4-5-7-15(14)24-18/h4-7,10-12H,8-9H2,1-3H3,(H,19,22). The monoisotopic (exact) mass is 359 g/mol. The maximum atomic E-state index is 12.1. The lowest BCUT2D eigenvalue weighted by molar-refractivity contribution is -0.120. The first-order valence-electron chi connectivity index (χ1n) is 8.09. The van der Waals surface area contributed by atoms with Gasteiger partial charge in [0.25, 0.3) is 0 Å². The number of thiazole rings is 2. The molecule has 0 aliphatic rings. The first kappa shape index (κ1) is 17.0. The molecule has 0 spiro atoms. The first-order chi connectivity index (χ1) is 11.5. The molecular weight excluding hydrogens is 338 g/mol. The topological polar surface area (TPSA) is 54.9 Å². The van der Waals surface area contributed by atoms with Crippen LogP contribution in [0.25, 0.3) is 10.2 Å². The number of amides is 1. The SMILES string of the molecule is CC(C)c1nc(CC(=O)NCC(C)c2nc3ccccc3s2)cs1. The maximum absolute atomic E-state index is 12.1. The molecule has 0 saturated heterocycles. The van der Waals surface area contributed by atoms with Crippen LogP contribution in [0.5, 0.6) is 0 Å². The number of carbonyl (C=O) groups excluding carboxylic acids is 1. The maximum Gasteiger partial charge on any atom is 0.226 e. The van der Waals surface area contributed by atoms with Gasteiger partial charge in [0.2, 0.25) is 5.91 Å². The number of rotatable bonds is 6. The van der Waals surface area contributed by atoms with Crippen LogP contribution < -0.4 is 5.32 Å². The van der Waals surface area contributed by atoms with E-state index in [-0.39, 0.29) is 11.8 Å². The van der Waals surface area contributed by atoms with E-state index in [0.29, 0.717) is 18.9 Å². The molecule has 6 heteroatoms. The Balaban J connectivity index is 1.55. The van der Waals surface area contributed by atoms with Crippen molar-refractivity contribution >= 4 is 38.8 Å². The fraction of sp³-hybridized carbons (Fsp3) is 0.389. The molecular formula is C18H21N3OS2. The lowest BCUT2D eigenvalue weighted by atomic mass is 10.2. The fourth-order valence-electron chi connectivity index (χ4n) is 2.35. The average molecular weight is 360 g/mol. The van der Waals surface area contributed by atoms with Crippen LogP contribution in [-0.4, -0.2) is 22.4 Å². The van der Waals surface area contributed by atoms with Gasteiger partial charge in [-0.05, 0) is 12.1 Å². The second kappa shape index (κ2) is 7.40. The summed E-state index contributed by atoms with van der Waals surface area (Å²) in [5.41, 5.74) is 1.88. The quantitative estimate of drug-likeness (QED) is 0.712. The number of nitrogens with zero attached hydrogens (tertiary/aromatic N) is 2. The molecule has 2 aromatic heterocycles. The summed E-state index contributed by atoms with van der Waals surface area (Å²) in [6.07, 6.45) is 0.343. The molecule has 126 valence electrons. The van der Waals surface area contributed by atoms with Crippen LogP contribution in [0.1, 0.15) is 48.3 Å². The zero-order valence-corrected chi connectivity index (χ0v) is 15.7. The Morgan fingerprint density at radius 3 is 2.67 bits per heavy atom. The van der Waals surface area contributed by atoms with Gasteiger partial charge in [-0.2, -0.15) is 0 Å². The molecule has 0 radical (unpaired) electrons. The molecule has 0 saturated carbocycles. The van der Waals surface area contributed by atoms with Crippen LogP contribution in [0.4, 0.5) is 0 Å². The Labute approximate surface area is 150 Å². The van der Waals surface area contributed by atoms with Crippen molar-refractivity contribution in [1.29, 1.82) is 0 Å². The van der Waals surface area contributed by atoms with E-state index >= 15 is 0 Å².